The van der Waals surface area contributed by atoms with Crippen LogP contribution in [-0.2, 0) is 21.4 Å². The van der Waals surface area contributed by atoms with Crippen LogP contribution >= 0.6 is 0 Å². The highest BCUT2D eigenvalue weighted by molar-refractivity contribution is 5.89. The minimum absolute atomic E-state index is 0.0679. The highest BCUT2D eigenvalue weighted by Gasteiger charge is 2.46. The molecule has 166 valence electrons. The number of hydrogen-bond acceptors (Lipinski definition) is 3. The molecule has 4 nitrogen and oxygen atoms in total. The lowest BCUT2D eigenvalue weighted by molar-refractivity contribution is -0.138. The van der Waals surface area contributed by atoms with E-state index < -0.39 is 5.41 Å². The molecule has 32 heavy (non-hydrogen) atoms. The molecule has 1 unspecified atom stereocenters. The maximum absolute atomic E-state index is 14.8. The van der Waals surface area contributed by atoms with Crippen LogP contribution in [0.3, 0.4) is 0 Å². The molecule has 1 aromatic heterocycles. The second kappa shape index (κ2) is 8.99. The lowest BCUT2D eigenvalue weighted by atomic mass is 9.77. The summed E-state index contributed by atoms with van der Waals surface area (Å²) in [6.07, 6.45) is 7.87. The number of nitrogens with zero attached hydrogens (tertiary/aromatic N) is 2. The maximum Gasteiger partial charge on any atom is 0.233 e. The summed E-state index contributed by atoms with van der Waals surface area (Å²) in [5.74, 6) is 0.00287. The van der Waals surface area contributed by atoms with Gasteiger partial charge in [0.1, 0.15) is 5.82 Å². The van der Waals surface area contributed by atoms with Crippen LogP contribution in [0.15, 0.2) is 60.9 Å². The van der Waals surface area contributed by atoms with Crippen molar-refractivity contribution in [1.29, 1.82) is 0 Å². The Labute approximate surface area is 188 Å². The molecule has 1 saturated carbocycles. The maximum atomic E-state index is 14.8. The van der Waals surface area contributed by atoms with Gasteiger partial charge >= 0.3 is 0 Å². The number of rotatable bonds is 4. The topological polar surface area (TPSA) is 42.4 Å². The van der Waals surface area contributed by atoms with Gasteiger partial charge in [-0.2, -0.15) is 0 Å². The summed E-state index contributed by atoms with van der Waals surface area (Å²) in [7, 11) is 0. The molecule has 0 bridgehead atoms. The van der Waals surface area contributed by atoms with Crippen LogP contribution < -0.4 is 0 Å². The SMILES string of the molecule is O=C(N1CCOCC(Cc2ccc3ccncc3c2)C1)C1(c2ccccc2F)CCCC1. The molecule has 0 N–H and O–H groups in total. The van der Waals surface area contributed by atoms with Gasteiger partial charge in [0, 0.05) is 42.4 Å². The van der Waals surface area contributed by atoms with Gasteiger partial charge in [-0.3, -0.25) is 9.78 Å². The number of aromatic nitrogens is 1. The Kier molecular flexibility index (Phi) is 5.92. The third-order valence-electron chi connectivity index (χ3n) is 7.11. The van der Waals surface area contributed by atoms with Gasteiger partial charge in [0.25, 0.3) is 0 Å². The quantitative estimate of drug-likeness (QED) is 0.589. The van der Waals surface area contributed by atoms with Crippen LogP contribution in [0.1, 0.15) is 36.8 Å². The average Bonchev–Trinajstić information content (AvgIpc) is 3.20. The van der Waals surface area contributed by atoms with E-state index in [9.17, 15) is 9.18 Å². The van der Waals surface area contributed by atoms with E-state index in [1.54, 1.807) is 18.3 Å². The van der Waals surface area contributed by atoms with Gasteiger partial charge in [-0.05, 0) is 48.4 Å². The van der Waals surface area contributed by atoms with Crippen molar-refractivity contribution >= 4 is 16.7 Å². The van der Waals surface area contributed by atoms with Crippen molar-refractivity contribution in [3.8, 4) is 0 Å². The Morgan fingerprint density at radius 3 is 2.81 bits per heavy atom. The zero-order valence-corrected chi connectivity index (χ0v) is 18.3. The summed E-state index contributed by atoms with van der Waals surface area (Å²) < 4.78 is 20.7. The van der Waals surface area contributed by atoms with E-state index in [4.69, 9.17) is 4.74 Å². The number of hydrogen-bond donors (Lipinski definition) is 0. The first-order chi connectivity index (χ1) is 15.7. The summed E-state index contributed by atoms with van der Waals surface area (Å²) in [5.41, 5.74) is 1.04. The van der Waals surface area contributed by atoms with Crippen molar-refractivity contribution in [2.24, 2.45) is 5.92 Å². The first-order valence-corrected chi connectivity index (χ1v) is 11.6. The number of carbonyl (C=O) groups excluding carboxylic acids is 1. The van der Waals surface area contributed by atoms with Crippen LogP contribution in [0, 0.1) is 11.7 Å². The Morgan fingerprint density at radius 1 is 1.12 bits per heavy atom. The number of fused-ring (bicyclic) bond motifs is 1. The van der Waals surface area contributed by atoms with Crippen molar-refractivity contribution in [2.75, 3.05) is 26.3 Å². The summed E-state index contributed by atoms with van der Waals surface area (Å²) in [5, 5.41) is 2.29. The Balaban J connectivity index is 1.38. The van der Waals surface area contributed by atoms with E-state index in [0.717, 1.165) is 24.6 Å². The molecule has 5 heteroatoms. The third kappa shape index (κ3) is 4.02. The molecule has 2 fully saturated rings. The fraction of sp³-hybridized carbons (Fsp3) is 0.407. The van der Waals surface area contributed by atoms with Crippen LogP contribution in [0.5, 0.6) is 0 Å². The van der Waals surface area contributed by atoms with Crippen molar-refractivity contribution in [3.05, 3.63) is 77.9 Å². The molecule has 1 aliphatic carbocycles. The molecular weight excluding hydrogens is 403 g/mol. The van der Waals surface area contributed by atoms with Crippen molar-refractivity contribution < 1.29 is 13.9 Å². The minimum atomic E-state index is -0.741. The molecule has 2 aliphatic rings. The molecule has 1 aliphatic heterocycles. The number of pyridine rings is 1. The van der Waals surface area contributed by atoms with Gasteiger partial charge in [0.05, 0.1) is 18.6 Å². The van der Waals surface area contributed by atoms with E-state index in [1.165, 1.54) is 17.0 Å². The van der Waals surface area contributed by atoms with Crippen molar-refractivity contribution in [2.45, 2.75) is 37.5 Å². The fourth-order valence-corrected chi connectivity index (χ4v) is 5.51. The zero-order valence-electron chi connectivity index (χ0n) is 18.3. The van der Waals surface area contributed by atoms with E-state index in [1.807, 2.05) is 23.2 Å². The Hall–Kier alpha value is -2.79. The number of benzene rings is 2. The fourth-order valence-electron chi connectivity index (χ4n) is 5.51. The molecule has 0 spiro atoms. The van der Waals surface area contributed by atoms with Crippen molar-refractivity contribution in [1.82, 2.24) is 9.88 Å². The summed E-state index contributed by atoms with van der Waals surface area (Å²) in [6, 6.07) is 15.3. The average molecular weight is 433 g/mol. The monoisotopic (exact) mass is 432 g/mol. The number of ether oxygens (including phenoxy) is 1. The molecule has 1 atom stereocenters. The van der Waals surface area contributed by atoms with Crippen LogP contribution in [0.4, 0.5) is 4.39 Å². The van der Waals surface area contributed by atoms with E-state index in [-0.39, 0.29) is 17.6 Å². The largest absolute Gasteiger partial charge is 0.379 e. The number of amides is 1. The van der Waals surface area contributed by atoms with Gasteiger partial charge in [-0.15, -0.1) is 0 Å². The summed E-state index contributed by atoms with van der Waals surface area (Å²) in [4.78, 5) is 20.1. The second-order valence-electron chi connectivity index (χ2n) is 9.22. The Morgan fingerprint density at radius 2 is 1.97 bits per heavy atom. The van der Waals surface area contributed by atoms with E-state index in [2.05, 4.69) is 23.2 Å². The number of carbonyl (C=O) groups is 1. The van der Waals surface area contributed by atoms with Crippen molar-refractivity contribution in [3.63, 3.8) is 0 Å². The Bertz CT molecular complexity index is 1110. The second-order valence-corrected chi connectivity index (χ2v) is 9.22. The molecule has 3 aromatic rings. The molecule has 5 rings (SSSR count). The van der Waals surface area contributed by atoms with Crippen LogP contribution in [-0.4, -0.2) is 42.1 Å². The normalized spacial score (nSPS) is 20.9. The molecular formula is C27H29FN2O2. The molecule has 1 amide bonds. The third-order valence-corrected chi connectivity index (χ3v) is 7.11. The van der Waals surface area contributed by atoms with Gasteiger partial charge in [0.2, 0.25) is 5.91 Å². The highest BCUT2D eigenvalue weighted by atomic mass is 19.1. The highest BCUT2D eigenvalue weighted by Crippen LogP contribution is 2.44. The van der Waals surface area contributed by atoms with Gasteiger partial charge in [-0.1, -0.05) is 43.2 Å². The van der Waals surface area contributed by atoms with Gasteiger partial charge < -0.3 is 9.64 Å². The standard InChI is InChI=1S/C27H29FN2O2/c28-25-6-2-1-5-24(25)27(10-3-4-11-27)26(31)30-13-14-32-19-21(18-30)15-20-7-8-22-9-12-29-17-23(22)16-20/h1-2,5-9,12,16-17,21H,3-4,10-11,13-15,18-19H2. The lowest BCUT2D eigenvalue weighted by Gasteiger charge is -2.35. The minimum Gasteiger partial charge on any atom is -0.379 e. The predicted octanol–water partition coefficient (Wildman–Crippen LogP) is 4.90. The molecule has 2 aromatic carbocycles. The molecule has 0 radical (unpaired) electrons. The van der Waals surface area contributed by atoms with Gasteiger partial charge in [0.15, 0.2) is 0 Å². The van der Waals surface area contributed by atoms with E-state index >= 15 is 0 Å². The first kappa shape index (κ1) is 21.1. The zero-order chi connectivity index (χ0) is 22.0. The summed E-state index contributed by atoms with van der Waals surface area (Å²) >= 11 is 0. The summed E-state index contributed by atoms with van der Waals surface area (Å²) in [6.45, 7) is 2.35. The predicted molar refractivity (Wildman–Crippen MR) is 123 cm³/mol. The molecule has 2 heterocycles. The van der Waals surface area contributed by atoms with Crippen LogP contribution in [0.25, 0.3) is 10.8 Å². The van der Waals surface area contributed by atoms with Crippen LogP contribution in [0.2, 0.25) is 0 Å². The van der Waals surface area contributed by atoms with Gasteiger partial charge in [-0.25, -0.2) is 4.39 Å². The lowest BCUT2D eigenvalue weighted by Crippen LogP contribution is -2.48. The smallest absolute Gasteiger partial charge is 0.233 e. The first-order valence-electron chi connectivity index (χ1n) is 11.6. The molecule has 1 saturated heterocycles. The number of halogens is 1. The van der Waals surface area contributed by atoms with E-state index in [0.29, 0.717) is 44.7 Å².